The van der Waals surface area contributed by atoms with E-state index in [9.17, 15) is 8.42 Å². The molecule has 0 aliphatic rings. The Morgan fingerprint density at radius 1 is 1.25 bits per heavy atom. The van der Waals surface area contributed by atoms with Crippen molar-refractivity contribution in [2.75, 3.05) is 19.3 Å². The first kappa shape index (κ1) is 16.7. The second-order valence-electron chi connectivity index (χ2n) is 5.54. The van der Waals surface area contributed by atoms with Gasteiger partial charge in [0.05, 0.1) is 22.3 Å². The molecule has 0 atom stereocenters. The molecule has 4 nitrogen and oxygen atoms in total. The lowest BCUT2D eigenvalue weighted by atomic mass is 10.0. The Kier molecular flexibility index (Phi) is 5.32. The molecule has 110 valence electrons. The minimum Gasteiger partial charge on any atom is -0.300 e. The average Bonchev–Trinajstić information content (AvgIpc) is 2.44. The highest BCUT2D eigenvalue weighted by molar-refractivity contribution is 7.91. The molecule has 0 unspecified atom stereocenters. The van der Waals surface area contributed by atoms with E-state index in [0.29, 0.717) is 12.1 Å². The lowest BCUT2D eigenvalue weighted by molar-refractivity contribution is 0.160. The SMILES string of the molecule is CCC(C)(C)N(C)CCS(=O)(=O)c1ccc(C#N)cc1. The molecule has 0 bridgehead atoms. The Morgan fingerprint density at radius 2 is 1.80 bits per heavy atom. The monoisotopic (exact) mass is 294 g/mol. The zero-order valence-corrected chi connectivity index (χ0v) is 13.4. The molecule has 20 heavy (non-hydrogen) atoms. The van der Waals surface area contributed by atoms with E-state index in [-0.39, 0.29) is 16.2 Å². The fourth-order valence-electron chi connectivity index (χ4n) is 1.68. The highest BCUT2D eigenvalue weighted by atomic mass is 32.2. The molecule has 0 saturated heterocycles. The Labute approximate surface area is 121 Å². The van der Waals surface area contributed by atoms with E-state index in [1.54, 1.807) is 0 Å². The molecule has 0 radical (unpaired) electrons. The molecule has 0 spiro atoms. The lowest BCUT2D eigenvalue weighted by Crippen LogP contribution is -2.42. The van der Waals surface area contributed by atoms with Crippen LogP contribution in [0.15, 0.2) is 29.2 Å². The van der Waals surface area contributed by atoms with Gasteiger partial charge in [0.25, 0.3) is 0 Å². The quantitative estimate of drug-likeness (QED) is 0.808. The van der Waals surface area contributed by atoms with Crippen molar-refractivity contribution in [2.24, 2.45) is 0 Å². The van der Waals surface area contributed by atoms with Gasteiger partial charge in [0, 0.05) is 12.1 Å². The fourth-order valence-corrected chi connectivity index (χ4v) is 2.99. The molecule has 0 amide bonds. The van der Waals surface area contributed by atoms with Gasteiger partial charge in [0.1, 0.15) is 0 Å². The van der Waals surface area contributed by atoms with Gasteiger partial charge in [-0.3, -0.25) is 0 Å². The Morgan fingerprint density at radius 3 is 2.25 bits per heavy atom. The minimum absolute atomic E-state index is 0.0137. The van der Waals surface area contributed by atoms with Crippen molar-refractivity contribution < 1.29 is 8.42 Å². The van der Waals surface area contributed by atoms with Crippen LogP contribution in [-0.2, 0) is 9.84 Å². The summed E-state index contributed by atoms with van der Waals surface area (Å²) in [4.78, 5) is 2.34. The summed E-state index contributed by atoms with van der Waals surface area (Å²) in [5, 5.41) is 8.72. The van der Waals surface area contributed by atoms with Gasteiger partial charge in [-0.1, -0.05) is 6.92 Å². The largest absolute Gasteiger partial charge is 0.300 e. The van der Waals surface area contributed by atoms with Gasteiger partial charge >= 0.3 is 0 Å². The predicted molar refractivity (Wildman–Crippen MR) is 80.2 cm³/mol. The summed E-state index contributed by atoms with van der Waals surface area (Å²) < 4.78 is 24.5. The molecule has 1 aromatic rings. The standard InChI is InChI=1S/C15H22N2O2S/c1-5-15(2,3)17(4)10-11-20(18,19)14-8-6-13(12-16)7-9-14/h6-9H,5,10-11H2,1-4H3. The topological polar surface area (TPSA) is 61.2 Å². The van der Waals surface area contributed by atoms with Crippen LogP contribution < -0.4 is 0 Å². The van der Waals surface area contributed by atoms with Crippen LogP contribution in [0.4, 0.5) is 0 Å². The van der Waals surface area contributed by atoms with Crippen LogP contribution in [0, 0.1) is 11.3 Å². The number of nitriles is 1. The summed E-state index contributed by atoms with van der Waals surface area (Å²) in [6.45, 7) is 6.78. The summed E-state index contributed by atoms with van der Waals surface area (Å²) in [5.41, 5.74) is 0.452. The maximum atomic E-state index is 12.2. The van der Waals surface area contributed by atoms with Crippen molar-refractivity contribution in [3.05, 3.63) is 29.8 Å². The van der Waals surface area contributed by atoms with E-state index in [0.717, 1.165) is 6.42 Å². The second kappa shape index (κ2) is 6.38. The van der Waals surface area contributed by atoms with E-state index in [1.165, 1.54) is 24.3 Å². The summed E-state index contributed by atoms with van der Waals surface area (Å²) in [7, 11) is -1.36. The molecular formula is C15H22N2O2S. The molecule has 0 fully saturated rings. The number of nitrogens with zero attached hydrogens (tertiary/aromatic N) is 2. The molecule has 0 saturated carbocycles. The summed E-state index contributed by atoms with van der Waals surface area (Å²) in [5.74, 6) is 0.0822. The fraction of sp³-hybridized carbons (Fsp3) is 0.533. The second-order valence-corrected chi connectivity index (χ2v) is 7.65. The first-order valence-corrected chi connectivity index (χ1v) is 8.32. The first-order valence-electron chi connectivity index (χ1n) is 6.67. The minimum atomic E-state index is -3.30. The van der Waals surface area contributed by atoms with Crippen LogP contribution in [-0.4, -0.2) is 38.2 Å². The van der Waals surface area contributed by atoms with Crippen molar-refractivity contribution in [1.29, 1.82) is 5.26 Å². The molecule has 0 N–H and O–H groups in total. The predicted octanol–water partition coefficient (Wildman–Crippen LogP) is 2.45. The summed E-state index contributed by atoms with van der Waals surface area (Å²) >= 11 is 0. The molecule has 1 rings (SSSR count). The van der Waals surface area contributed by atoms with Gasteiger partial charge in [-0.15, -0.1) is 0 Å². The number of rotatable bonds is 6. The van der Waals surface area contributed by atoms with Crippen LogP contribution >= 0.6 is 0 Å². The van der Waals surface area contributed by atoms with Crippen LogP contribution in [0.25, 0.3) is 0 Å². The van der Waals surface area contributed by atoms with Crippen molar-refractivity contribution in [3.8, 4) is 6.07 Å². The molecule has 1 aromatic carbocycles. The van der Waals surface area contributed by atoms with Crippen molar-refractivity contribution in [3.63, 3.8) is 0 Å². The number of hydrogen-bond donors (Lipinski definition) is 0. The normalized spacial score (nSPS) is 12.4. The van der Waals surface area contributed by atoms with E-state index >= 15 is 0 Å². The molecule has 0 aromatic heterocycles. The zero-order valence-electron chi connectivity index (χ0n) is 12.5. The molecule has 5 heteroatoms. The first-order chi connectivity index (χ1) is 9.23. The molecule has 0 aliphatic heterocycles. The lowest BCUT2D eigenvalue weighted by Gasteiger charge is -2.34. The third-order valence-corrected chi connectivity index (χ3v) is 5.65. The van der Waals surface area contributed by atoms with Crippen molar-refractivity contribution in [1.82, 2.24) is 4.90 Å². The third-order valence-electron chi connectivity index (χ3n) is 3.94. The van der Waals surface area contributed by atoms with Crippen LogP contribution in [0.1, 0.15) is 32.8 Å². The number of hydrogen-bond acceptors (Lipinski definition) is 4. The maximum absolute atomic E-state index is 12.2. The number of benzene rings is 1. The average molecular weight is 294 g/mol. The third kappa shape index (κ3) is 4.06. The van der Waals surface area contributed by atoms with E-state index in [4.69, 9.17) is 5.26 Å². The summed E-state index contributed by atoms with van der Waals surface area (Å²) in [6, 6.07) is 8.05. The van der Waals surface area contributed by atoms with Gasteiger partial charge in [-0.05, 0) is 51.6 Å². The van der Waals surface area contributed by atoms with Crippen LogP contribution in [0.5, 0.6) is 0 Å². The Hall–Kier alpha value is -1.38. The molecule has 0 aliphatic carbocycles. The van der Waals surface area contributed by atoms with Gasteiger partial charge in [0.2, 0.25) is 0 Å². The van der Waals surface area contributed by atoms with Crippen molar-refractivity contribution >= 4 is 9.84 Å². The molecular weight excluding hydrogens is 272 g/mol. The van der Waals surface area contributed by atoms with Gasteiger partial charge in [-0.25, -0.2) is 8.42 Å². The highest BCUT2D eigenvalue weighted by Gasteiger charge is 2.23. The smallest absolute Gasteiger partial charge is 0.179 e. The number of sulfone groups is 1. The van der Waals surface area contributed by atoms with Crippen LogP contribution in [0.3, 0.4) is 0 Å². The highest BCUT2D eigenvalue weighted by Crippen LogP contribution is 2.18. The van der Waals surface area contributed by atoms with E-state index in [2.05, 4.69) is 25.7 Å². The Balaban J connectivity index is 2.78. The summed E-state index contributed by atoms with van der Waals surface area (Å²) in [6.07, 6.45) is 0.959. The molecule has 0 heterocycles. The Bertz CT molecular complexity index is 583. The van der Waals surface area contributed by atoms with Gasteiger partial charge in [-0.2, -0.15) is 5.26 Å². The van der Waals surface area contributed by atoms with E-state index < -0.39 is 9.84 Å². The van der Waals surface area contributed by atoms with E-state index in [1.807, 2.05) is 13.1 Å². The van der Waals surface area contributed by atoms with Gasteiger partial charge < -0.3 is 4.90 Å². The van der Waals surface area contributed by atoms with Crippen molar-refractivity contribution in [2.45, 2.75) is 37.6 Å². The maximum Gasteiger partial charge on any atom is 0.179 e. The van der Waals surface area contributed by atoms with Crippen LogP contribution in [0.2, 0.25) is 0 Å². The zero-order chi connectivity index (χ0) is 15.4. The van der Waals surface area contributed by atoms with Gasteiger partial charge in [0.15, 0.2) is 9.84 Å².